The molecule has 1 saturated heterocycles. The highest BCUT2D eigenvalue weighted by molar-refractivity contribution is 14.1. The Morgan fingerprint density at radius 3 is 2.59 bits per heavy atom. The minimum atomic E-state index is -0.281. The summed E-state index contributed by atoms with van der Waals surface area (Å²) >= 11 is 3.10. The monoisotopic (exact) mass is 495 g/mol. The average Bonchev–Trinajstić information content (AvgIpc) is 2.88. The van der Waals surface area contributed by atoms with E-state index in [-0.39, 0.29) is 17.7 Å². The number of aryl methyl sites for hydroxylation is 1. The van der Waals surface area contributed by atoms with Gasteiger partial charge in [-0.25, -0.2) is 0 Å². The lowest BCUT2D eigenvalue weighted by molar-refractivity contribution is -0.123. The first-order chi connectivity index (χ1) is 12.9. The molecule has 0 N–H and O–H groups in total. The molecule has 0 saturated carbocycles. The molecule has 0 spiro atoms. The van der Waals surface area contributed by atoms with Crippen LogP contribution in [0.1, 0.15) is 16.7 Å². The molecule has 0 unspecified atom stereocenters. The largest absolute Gasteiger partial charge is 0.493 e. The summed E-state index contributed by atoms with van der Waals surface area (Å²) in [5.41, 5.74) is 2.80. The van der Waals surface area contributed by atoms with Crippen molar-refractivity contribution in [2.24, 2.45) is 0 Å². The second-order valence-electron chi connectivity index (χ2n) is 6.00. The van der Waals surface area contributed by atoms with Crippen molar-refractivity contribution in [3.8, 4) is 11.5 Å². The number of rotatable bonds is 5. The zero-order valence-electron chi connectivity index (χ0n) is 15.1. The van der Waals surface area contributed by atoms with Gasteiger partial charge in [0.15, 0.2) is 11.5 Å². The van der Waals surface area contributed by atoms with E-state index in [4.69, 9.17) is 9.47 Å². The smallest absolute Gasteiger partial charge is 0.293 e. The van der Waals surface area contributed by atoms with Gasteiger partial charge in [0.2, 0.25) is 0 Å². The predicted molar refractivity (Wildman–Crippen MR) is 115 cm³/mol. The van der Waals surface area contributed by atoms with E-state index in [9.17, 15) is 9.59 Å². The number of thioether (sulfide) groups is 1. The van der Waals surface area contributed by atoms with Crippen molar-refractivity contribution in [2.45, 2.75) is 13.5 Å². The van der Waals surface area contributed by atoms with Crippen LogP contribution in [0.2, 0.25) is 0 Å². The van der Waals surface area contributed by atoms with Crippen LogP contribution in [0.4, 0.5) is 4.79 Å². The van der Waals surface area contributed by atoms with Gasteiger partial charge in [0.05, 0.1) is 29.2 Å². The van der Waals surface area contributed by atoms with Gasteiger partial charge >= 0.3 is 0 Å². The Morgan fingerprint density at radius 2 is 1.93 bits per heavy atom. The van der Waals surface area contributed by atoms with Crippen LogP contribution in [0, 0.1) is 10.5 Å². The number of halogens is 1. The fourth-order valence-electron chi connectivity index (χ4n) is 2.80. The molecule has 3 rings (SSSR count). The van der Waals surface area contributed by atoms with E-state index < -0.39 is 0 Å². The topological polar surface area (TPSA) is 55.8 Å². The minimum Gasteiger partial charge on any atom is -0.493 e. The molecule has 0 aromatic heterocycles. The van der Waals surface area contributed by atoms with Gasteiger partial charge < -0.3 is 9.47 Å². The van der Waals surface area contributed by atoms with Gasteiger partial charge in [-0.15, -0.1) is 0 Å². The Kier molecular flexibility index (Phi) is 6.11. The van der Waals surface area contributed by atoms with E-state index in [1.165, 1.54) is 4.90 Å². The maximum atomic E-state index is 12.7. The minimum absolute atomic E-state index is 0.261. The third kappa shape index (κ3) is 4.30. The molecule has 2 aromatic carbocycles. The summed E-state index contributed by atoms with van der Waals surface area (Å²) in [6.07, 6.45) is 1.71. The highest BCUT2D eigenvalue weighted by Gasteiger charge is 2.35. The van der Waals surface area contributed by atoms with Crippen molar-refractivity contribution >= 4 is 51.6 Å². The fraction of sp³-hybridized carbons (Fsp3) is 0.200. The molecule has 0 atom stereocenters. The fourth-order valence-corrected chi connectivity index (χ4v) is 4.49. The highest BCUT2D eigenvalue weighted by Crippen LogP contribution is 2.37. The van der Waals surface area contributed by atoms with E-state index in [1.807, 2.05) is 37.3 Å². The first-order valence-corrected chi connectivity index (χ1v) is 10.0. The normalized spacial score (nSPS) is 15.6. The molecule has 27 heavy (non-hydrogen) atoms. The molecule has 0 bridgehead atoms. The Balaban J connectivity index is 1.87. The quantitative estimate of drug-likeness (QED) is 0.439. The second-order valence-corrected chi connectivity index (χ2v) is 8.15. The molecule has 140 valence electrons. The summed E-state index contributed by atoms with van der Waals surface area (Å²) in [5, 5.41) is -0.261. The molecular weight excluding hydrogens is 477 g/mol. The van der Waals surface area contributed by atoms with Crippen molar-refractivity contribution in [3.05, 3.63) is 61.6 Å². The van der Waals surface area contributed by atoms with Crippen LogP contribution in [0.3, 0.4) is 0 Å². The molecule has 1 aliphatic heterocycles. The molecular formula is C20H18INO4S. The number of methoxy groups -OCH3 is 2. The SMILES string of the molecule is COc1cc(/C=C2\SC(=O)N(Cc3cccc(C)c3)C2=O)cc(I)c1OC. The molecule has 7 heteroatoms. The predicted octanol–water partition coefficient (Wildman–Crippen LogP) is 4.85. The Labute approximate surface area is 175 Å². The van der Waals surface area contributed by atoms with Crippen LogP contribution in [0.5, 0.6) is 11.5 Å². The molecule has 0 radical (unpaired) electrons. The second kappa shape index (κ2) is 8.35. The van der Waals surface area contributed by atoms with Crippen LogP contribution in [0.25, 0.3) is 6.08 Å². The molecule has 1 aliphatic rings. The Hall–Kier alpha value is -2.00. The maximum absolute atomic E-state index is 12.7. The molecule has 2 aromatic rings. The molecule has 1 fully saturated rings. The van der Waals surface area contributed by atoms with Gasteiger partial charge in [0.1, 0.15) is 0 Å². The van der Waals surface area contributed by atoms with Crippen LogP contribution >= 0.6 is 34.4 Å². The summed E-state index contributed by atoms with van der Waals surface area (Å²) in [6, 6.07) is 11.5. The van der Waals surface area contributed by atoms with Crippen LogP contribution in [-0.4, -0.2) is 30.3 Å². The number of imide groups is 1. The van der Waals surface area contributed by atoms with E-state index in [0.29, 0.717) is 16.4 Å². The third-order valence-corrected chi connectivity index (χ3v) is 5.76. The summed E-state index contributed by atoms with van der Waals surface area (Å²) in [7, 11) is 3.14. The molecule has 5 nitrogen and oxygen atoms in total. The number of amides is 2. The van der Waals surface area contributed by atoms with Crippen LogP contribution in [0.15, 0.2) is 41.3 Å². The maximum Gasteiger partial charge on any atom is 0.293 e. The van der Waals surface area contributed by atoms with Gasteiger partial charge in [0, 0.05) is 0 Å². The first-order valence-electron chi connectivity index (χ1n) is 8.15. The van der Waals surface area contributed by atoms with E-state index in [0.717, 1.165) is 32.0 Å². The van der Waals surface area contributed by atoms with Gasteiger partial charge in [-0.1, -0.05) is 29.8 Å². The lowest BCUT2D eigenvalue weighted by atomic mass is 10.1. The van der Waals surface area contributed by atoms with Crippen LogP contribution < -0.4 is 9.47 Å². The molecule has 2 amide bonds. The third-order valence-electron chi connectivity index (χ3n) is 4.05. The van der Waals surface area contributed by atoms with Gasteiger partial charge in [0.25, 0.3) is 11.1 Å². The van der Waals surface area contributed by atoms with Gasteiger partial charge in [-0.3, -0.25) is 14.5 Å². The lowest BCUT2D eigenvalue weighted by Gasteiger charge is -2.13. The molecule has 0 aliphatic carbocycles. The number of benzene rings is 2. The van der Waals surface area contributed by atoms with E-state index in [2.05, 4.69) is 22.6 Å². The van der Waals surface area contributed by atoms with E-state index in [1.54, 1.807) is 26.4 Å². The van der Waals surface area contributed by atoms with Gasteiger partial charge in [-0.05, 0) is 70.6 Å². The molecule has 1 heterocycles. The highest BCUT2D eigenvalue weighted by atomic mass is 127. The Bertz CT molecular complexity index is 942. The summed E-state index contributed by atoms with van der Waals surface area (Å²) in [6.45, 7) is 2.25. The number of nitrogens with zero attached hydrogens (tertiary/aromatic N) is 1. The zero-order valence-corrected chi connectivity index (χ0v) is 18.1. The Morgan fingerprint density at radius 1 is 1.15 bits per heavy atom. The van der Waals surface area contributed by atoms with Crippen molar-refractivity contribution in [1.29, 1.82) is 0 Å². The number of carbonyl (C=O) groups excluding carboxylic acids is 2. The van der Waals surface area contributed by atoms with Crippen molar-refractivity contribution in [1.82, 2.24) is 4.90 Å². The zero-order chi connectivity index (χ0) is 19.6. The lowest BCUT2D eigenvalue weighted by Crippen LogP contribution is -2.27. The number of carbonyl (C=O) groups is 2. The number of hydrogen-bond donors (Lipinski definition) is 0. The average molecular weight is 495 g/mol. The summed E-state index contributed by atoms with van der Waals surface area (Å²) in [4.78, 5) is 26.7. The number of ether oxygens (including phenoxy) is 2. The number of hydrogen-bond acceptors (Lipinski definition) is 5. The standard InChI is InChI=1S/C20H18INO4S/c1-12-5-4-6-13(7-12)11-22-19(23)17(27-20(22)24)10-14-8-15(21)18(26-3)16(9-14)25-2/h4-10H,11H2,1-3H3/b17-10-. The van der Waals surface area contributed by atoms with Crippen molar-refractivity contribution in [3.63, 3.8) is 0 Å². The summed E-state index contributed by atoms with van der Waals surface area (Å²) < 4.78 is 11.5. The summed E-state index contributed by atoms with van der Waals surface area (Å²) in [5.74, 6) is 0.939. The van der Waals surface area contributed by atoms with Crippen LogP contribution in [-0.2, 0) is 11.3 Å². The van der Waals surface area contributed by atoms with Gasteiger partial charge in [-0.2, -0.15) is 0 Å². The van der Waals surface area contributed by atoms with Crippen molar-refractivity contribution in [2.75, 3.05) is 14.2 Å². The first kappa shape index (κ1) is 19.8. The van der Waals surface area contributed by atoms with E-state index >= 15 is 0 Å². The van der Waals surface area contributed by atoms with Crippen molar-refractivity contribution < 1.29 is 19.1 Å².